The second-order valence-corrected chi connectivity index (χ2v) is 6.12. The molecule has 0 fully saturated rings. The average Bonchev–Trinajstić information content (AvgIpc) is 2.59. The van der Waals surface area contributed by atoms with E-state index in [9.17, 15) is 4.39 Å². The molecule has 24 heavy (non-hydrogen) atoms. The summed E-state index contributed by atoms with van der Waals surface area (Å²) >= 11 is 9.18. The minimum absolute atomic E-state index is 0.0343. The summed E-state index contributed by atoms with van der Waals surface area (Å²) in [5, 5.41) is 6.24. The van der Waals surface area contributed by atoms with Crippen LogP contribution in [0.2, 0.25) is 5.02 Å². The predicted octanol–water partition coefficient (Wildman–Crippen LogP) is 4.78. The lowest BCUT2D eigenvalue weighted by atomic mass is 10.3. The number of rotatable bonds is 5. The number of pyridine rings is 1. The van der Waals surface area contributed by atoms with Gasteiger partial charge in [0.1, 0.15) is 11.6 Å². The highest BCUT2D eigenvalue weighted by atomic mass is 79.9. The van der Waals surface area contributed by atoms with Crippen LogP contribution < -0.4 is 10.6 Å². The first kappa shape index (κ1) is 16.6. The Kier molecular flexibility index (Phi) is 5.22. The molecule has 0 spiro atoms. The van der Waals surface area contributed by atoms with Crippen molar-refractivity contribution in [3.8, 4) is 0 Å². The topological polar surface area (TPSA) is 62.7 Å². The third-order valence-electron chi connectivity index (χ3n) is 3.10. The highest BCUT2D eigenvalue weighted by molar-refractivity contribution is 9.10. The summed E-state index contributed by atoms with van der Waals surface area (Å²) in [4.78, 5) is 12.6. The molecule has 2 aromatic heterocycles. The number of hydrogen-bond donors (Lipinski definition) is 2. The van der Waals surface area contributed by atoms with Gasteiger partial charge in [0.05, 0.1) is 9.50 Å². The maximum atomic E-state index is 13.2. The lowest BCUT2D eigenvalue weighted by Crippen LogP contribution is -2.05. The highest BCUT2D eigenvalue weighted by Crippen LogP contribution is 2.24. The molecule has 0 unspecified atom stereocenters. The van der Waals surface area contributed by atoms with Crippen molar-refractivity contribution in [2.75, 3.05) is 10.6 Å². The number of anilines is 3. The Hall–Kier alpha value is -2.25. The average molecular weight is 409 g/mol. The van der Waals surface area contributed by atoms with Crippen LogP contribution in [-0.2, 0) is 6.54 Å². The first-order valence-electron chi connectivity index (χ1n) is 6.99. The van der Waals surface area contributed by atoms with Crippen LogP contribution in [0.15, 0.2) is 53.4 Å². The summed E-state index contributed by atoms with van der Waals surface area (Å²) in [6.45, 7) is 0.575. The van der Waals surface area contributed by atoms with Crippen molar-refractivity contribution >= 4 is 45.0 Å². The molecule has 5 nitrogen and oxygen atoms in total. The molecule has 0 aliphatic carbocycles. The zero-order chi connectivity index (χ0) is 16.9. The normalized spacial score (nSPS) is 10.5. The molecule has 2 N–H and O–H groups in total. The number of nitrogens with one attached hydrogen (secondary N) is 2. The van der Waals surface area contributed by atoms with Crippen LogP contribution in [0.5, 0.6) is 0 Å². The van der Waals surface area contributed by atoms with Crippen molar-refractivity contribution in [2.24, 2.45) is 0 Å². The Balaban J connectivity index is 1.74. The van der Waals surface area contributed by atoms with Crippen molar-refractivity contribution < 1.29 is 4.39 Å². The maximum absolute atomic E-state index is 13.2. The van der Waals surface area contributed by atoms with Gasteiger partial charge in [-0.25, -0.2) is 9.37 Å². The SMILES string of the molecule is Fc1ccc(Nc2ncc(Br)c(NCc3cccnc3)n2)cc1Cl. The van der Waals surface area contributed by atoms with Gasteiger partial charge in [0.25, 0.3) is 0 Å². The maximum Gasteiger partial charge on any atom is 0.229 e. The molecule has 3 aromatic rings. The second kappa shape index (κ2) is 7.55. The summed E-state index contributed by atoms with van der Waals surface area (Å²) in [5.41, 5.74) is 1.63. The molecule has 122 valence electrons. The Labute approximate surface area is 151 Å². The number of hydrogen-bond acceptors (Lipinski definition) is 5. The quantitative estimate of drug-likeness (QED) is 0.636. The first-order valence-corrected chi connectivity index (χ1v) is 8.16. The van der Waals surface area contributed by atoms with Crippen molar-refractivity contribution in [2.45, 2.75) is 6.54 Å². The third-order valence-corrected chi connectivity index (χ3v) is 3.97. The van der Waals surface area contributed by atoms with Gasteiger partial charge >= 0.3 is 0 Å². The van der Waals surface area contributed by atoms with Crippen LogP contribution in [-0.4, -0.2) is 15.0 Å². The van der Waals surface area contributed by atoms with Crippen molar-refractivity contribution in [3.63, 3.8) is 0 Å². The Morgan fingerprint density at radius 1 is 1.21 bits per heavy atom. The molecule has 3 rings (SSSR count). The van der Waals surface area contributed by atoms with Crippen LogP contribution in [0.3, 0.4) is 0 Å². The van der Waals surface area contributed by atoms with E-state index in [1.165, 1.54) is 12.1 Å². The van der Waals surface area contributed by atoms with Gasteiger partial charge < -0.3 is 10.6 Å². The molecule has 8 heteroatoms. The molecule has 0 aliphatic heterocycles. The van der Waals surface area contributed by atoms with Crippen LogP contribution in [0, 0.1) is 5.82 Å². The van der Waals surface area contributed by atoms with E-state index in [0.29, 0.717) is 24.0 Å². The van der Waals surface area contributed by atoms with E-state index in [4.69, 9.17) is 11.6 Å². The number of benzene rings is 1. The summed E-state index contributed by atoms with van der Waals surface area (Å²) in [7, 11) is 0. The van der Waals surface area contributed by atoms with Gasteiger partial charge in [-0.1, -0.05) is 17.7 Å². The minimum Gasteiger partial charge on any atom is -0.365 e. The standard InChI is InChI=1S/C16H12BrClFN5/c17-12-9-22-16(23-11-3-4-14(19)13(18)6-11)24-15(12)21-8-10-2-1-5-20-7-10/h1-7,9H,8H2,(H2,21,22,23,24). The highest BCUT2D eigenvalue weighted by Gasteiger charge is 2.07. The molecule has 2 heterocycles. The summed E-state index contributed by atoms with van der Waals surface area (Å²) in [6, 6.07) is 8.16. The Morgan fingerprint density at radius 3 is 2.83 bits per heavy atom. The molecular weight excluding hydrogens is 397 g/mol. The summed E-state index contributed by atoms with van der Waals surface area (Å²) < 4.78 is 13.9. The minimum atomic E-state index is -0.474. The molecule has 0 bridgehead atoms. The van der Waals surface area contributed by atoms with Gasteiger partial charge in [-0.15, -0.1) is 0 Å². The van der Waals surface area contributed by atoms with Gasteiger partial charge in [-0.05, 0) is 45.8 Å². The van der Waals surface area contributed by atoms with Crippen LogP contribution in [0.4, 0.5) is 21.8 Å². The summed E-state index contributed by atoms with van der Waals surface area (Å²) in [6.07, 6.45) is 5.13. The van der Waals surface area contributed by atoms with E-state index in [1.807, 2.05) is 12.1 Å². The largest absolute Gasteiger partial charge is 0.365 e. The first-order chi connectivity index (χ1) is 11.6. The van der Waals surface area contributed by atoms with Gasteiger partial charge in [-0.2, -0.15) is 4.98 Å². The molecular formula is C16H12BrClFN5. The lowest BCUT2D eigenvalue weighted by Gasteiger charge is -2.10. The zero-order valence-corrected chi connectivity index (χ0v) is 14.6. The van der Waals surface area contributed by atoms with Crippen molar-refractivity contribution in [1.29, 1.82) is 0 Å². The fourth-order valence-electron chi connectivity index (χ4n) is 1.94. The van der Waals surface area contributed by atoms with Gasteiger partial charge in [0, 0.05) is 30.8 Å². The van der Waals surface area contributed by atoms with E-state index in [1.54, 1.807) is 24.7 Å². The zero-order valence-electron chi connectivity index (χ0n) is 12.3. The summed E-state index contributed by atoms with van der Waals surface area (Å²) in [5.74, 6) is 0.525. The molecule has 0 saturated heterocycles. The molecule has 1 aromatic carbocycles. The van der Waals surface area contributed by atoms with E-state index in [2.05, 4.69) is 41.5 Å². The molecule has 0 radical (unpaired) electrons. The van der Waals surface area contributed by atoms with Crippen molar-refractivity contribution in [3.05, 3.63) is 69.8 Å². The third kappa shape index (κ3) is 4.18. The second-order valence-electron chi connectivity index (χ2n) is 4.86. The van der Waals surface area contributed by atoms with E-state index >= 15 is 0 Å². The monoisotopic (exact) mass is 407 g/mol. The smallest absolute Gasteiger partial charge is 0.229 e. The molecule has 0 amide bonds. The van der Waals surface area contributed by atoms with Gasteiger partial charge in [-0.3, -0.25) is 4.98 Å². The van der Waals surface area contributed by atoms with E-state index in [-0.39, 0.29) is 5.02 Å². The molecule has 0 aliphatic rings. The Morgan fingerprint density at radius 2 is 2.08 bits per heavy atom. The van der Waals surface area contributed by atoms with Gasteiger partial charge in [0.2, 0.25) is 5.95 Å². The number of aromatic nitrogens is 3. The fourth-order valence-corrected chi connectivity index (χ4v) is 2.45. The van der Waals surface area contributed by atoms with E-state index < -0.39 is 5.82 Å². The lowest BCUT2D eigenvalue weighted by molar-refractivity contribution is 0.628. The Bertz CT molecular complexity index is 847. The molecule has 0 saturated carbocycles. The van der Waals surface area contributed by atoms with Crippen LogP contribution >= 0.6 is 27.5 Å². The van der Waals surface area contributed by atoms with Crippen LogP contribution in [0.25, 0.3) is 0 Å². The fraction of sp³-hybridized carbons (Fsp3) is 0.0625. The molecule has 0 atom stereocenters. The predicted molar refractivity (Wildman–Crippen MR) is 96.0 cm³/mol. The number of halogens is 3. The van der Waals surface area contributed by atoms with E-state index in [0.717, 1.165) is 10.0 Å². The van der Waals surface area contributed by atoms with Crippen LogP contribution in [0.1, 0.15) is 5.56 Å². The number of nitrogens with zero attached hydrogens (tertiary/aromatic N) is 3. The van der Waals surface area contributed by atoms with Gasteiger partial charge in [0.15, 0.2) is 0 Å². The van der Waals surface area contributed by atoms with Crippen molar-refractivity contribution in [1.82, 2.24) is 15.0 Å².